The Balaban J connectivity index is 2.44. The summed E-state index contributed by atoms with van der Waals surface area (Å²) >= 11 is 0. The topological polar surface area (TPSA) is 81.9 Å². The summed E-state index contributed by atoms with van der Waals surface area (Å²) in [7, 11) is 0. The lowest BCUT2D eigenvalue weighted by atomic mass is 10.0. The number of esters is 1. The molecule has 1 aromatic rings. The molecule has 0 bridgehead atoms. The van der Waals surface area contributed by atoms with Crippen LogP contribution < -0.4 is 15.4 Å². The zero-order chi connectivity index (χ0) is 16.5. The van der Waals surface area contributed by atoms with Gasteiger partial charge in [0, 0.05) is 0 Å². The smallest absolute Gasteiger partial charge is 0.328 e. The second-order valence-corrected chi connectivity index (χ2v) is 5.82. The van der Waals surface area contributed by atoms with Crippen molar-refractivity contribution in [2.24, 2.45) is 0 Å². The number of hydrogen-bond donors (Lipinski definition) is 1. The number of anilines is 2. The molecule has 0 spiro atoms. The summed E-state index contributed by atoms with van der Waals surface area (Å²) in [5.74, 6) is -0.291. The van der Waals surface area contributed by atoms with E-state index in [9.17, 15) is 9.59 Å². The quantitative estimate of drug-likeness (QED) is 0.680. The molecule has 0 radical (unpaired) electrons. The second-order valence-electron chi connectivity index (χ2n) is 5.82. The number of fused-ring (bicyclic) bond motifs is 1. The molecule has 2 rings (SSSR count). The lowest BCUT2D eigenvalue weighted by Gasteiger charge is -2.41. The second kappa shape index (κ2) is 5.87. The van der Waals surface area contributed by atoms with Crippen LogP contribution in [0.15, 0.2) is 18.2 Å². The van der Waals surface area contributed by atoms with Crippen LogP contribution in [0, 0.1) is 0 Å². The van der Waals surface area contributed by atoms with Crippen molar-refractivity contribution >= 4 is 23.3 Å². The third kappa shape index (κ3) is 2.73. The molecule has 0 aliphatic carbocycles. The molecule has 1 amide bonds. The van der Waals surface area contributed by atoms with E-state index in [1.807, 2.05) is 6.92 Å². The number of nitrogen functional groups attached to an aromatic ring is 1. The molecule has 1 aromatic carbocycles. The van der Waals surface area contributed by atoms with Gasteiger partial charge in [-0.2, -0.15) is 0 Å². The summed E-state index contributed by atoms with van der Waals surface area (Å²) in [5.41, 5.74) is 5.73. The molecule has 22 heavy (non-hydrogen) atoms. The van der Waals surface area contributed by atoms with E-state index in [0.29, 0.717) is 23.7 Å². The van der Waals surface area contributed by atoms with E-state index in [4.69, 9.17) is 15.2 Å². The molecule has 6 heteroatoms. The predicted molar refractivity (Wildman–Crippen MR) is 83.8 cm³/mol. The van der Waals surface area contributed by atoms with Gasteiger partial charge in [-0.3, -0.25) is 9.69 Å². The Kier molecular flexibility index (Phi) is 4.30. The minimum absolute atomic E-state index is 0.321. The fraction of sp³-hybridized carbons (Fsp3) is 0.500. The van der Waals surface area contributed by atoms with Crippen molar-refractivity contribution in [1.29, 1.82) is 0 Å². The molecule has 120 valence electrons. The third-order valence-corrected chi connectivity index (χ3v) is 3.55. The van der Waals surface area contributed by atoms with Gasteiger partial charge in [-0.05, 0) is 39.3 Å². The van der Waals surface area contributed by atoms with Gasteiger partial charge in [-0.1, -0.05) is 13.0 Å². The molecule has 1 heterocycles. The monoisotopic (exact) mass is 306 g/mol. The van der Waals surface area contributed by atoms with Crippen LogP contribution in [0.2, 0.25) is 0 Å². The summed E-state index contributed by atoms with van der Waals surface area (Å²) < 4.78 is 10.9. The standard InChI is InChI=1S/C16H22N2O4/c1-5-9-21-14(19)10(2)18-13-11(17)7-6-8-12(13)22-16(3,4)15(18)20/h6-8,10H,5,9,17H2,1-4H3. The van der Waals surface area contributed by atoms with Gasteiger partial charge in [-0.15, -0.1) is 0 Å². The molecule has 2 N–H and O–H groups in total. The van der Waals surface area contributed by atoms with Crippen molar-refractivity contribution in [3.05, 3.63) is 18.2 Å². The van der Waals surface area contributed by atoms with E-state index in [1.54, 1.807) is 39.0 Å². The van der Waals surface area contributed by atoms with Crippen molar-refractivity contribution < 1.29 is 19.1 Å². The summed E-state index contributed by atoms with van der Waals surface area (Å²) in [4.78, 5) is 26.3. The Morgan fingerprint density at radius 3 is 2.77 bits per heavy atom. The first-order chi connectivity index (χ1) is 10.3. The fourth-order valence-electron chi connectivity index (χ4n) is 2.39. The van der Waals surface area contributed by atoms with Crippen molar-refractivity contribution in [3.63, 3.8) is 0 Å². The molecule has 0 saturated carbocycles. The largest absolute Gasteiger partial charge is 0.476 e. The van der Waals surface area contributed by atoms with Gasteiger partial charge in [-0.25, -0.2) is 4.79 Å². The van der Waals surface area contributed by atoms with Gasteiger partial charge in [0.1, 0.15) is 17.5 Å². The Labute approximate surface area is 130 Å². The molecule has 0 saturated heterocycles. The normalized spacial score (nSPS) is 17.5. The number of carbonyl (C=O) groups excluding carboxylic acids is 2. The van der Waals surface area contributed by atoms with Gasteiger partial charge in [0.05, 0.1) is 12.3 Å². The lowest BCUT2D eigenvalue weighted by Crippen LogP contribution is -2.57. The third-order valence-electron chi connectivity index (χ3n) is 3.55. The van der Waals surface area contributed by atoms with Crippen molar-refractivity contribution in [1.82, 2.24) is 0 Å². The summed E-state index contributed by atoms with van der Waals surface area (Å²) in [6.07, 6.45) is 0.722. The Hall–Kier alpha value is -2.24. The van der Waals surface area contributed by atoms with Crippen LogP contribution in [0.3, 0.4) is 0 Å². The highest BCUT2D eigenvalue weighted by Crippen LogP contribution is 2.42. The highest BCUT2D eigenvalue weighted by Gasteiger charge is 2.45. The maximum atomic E-state index is 12.7. The molecule has 6 nitrogen and oxygen atoms in total. The number of amides is 1. The van der Waals surface area contributed by atoms with E-state index >= 15 is 0 Å². The molecule has 1 atom stereocenters. The van der Waals surface area contributed by atoms with Gasteiger partial charge in [0.15, 0.2) is 5.60 Å². The van der Waals surface area contributed by atoms with Crippen LogP contribution in [0.5, 0.6) is 5.75 Å². The number of nitrogens with two attached hydrogens (primary N) is 1. The van der Waals surface area contributed by atoms with Crippen molar-refractivity contribution in [2.45, 2.75) is 45.8 Å². The number of hydrogen-bond acceptors (Lipinski definition) is 5. The SMILES string of the molecule is CCCOC(=O)C(C)N1C(=O)C(C)(C)Oc2cccc(N)c21. The average molecular weight is 306 g/mol. The van der Waals surface area contributed by atoms with Crippen molar-refractivity contribution in [2.75, 3.05) is 17.2 Å². The average Bonchev–Trinajstić information content (AvgIpc) is 2.46. The molecule has 0 aromatic heterocycles. The Morgan fingerprint density at radius 1 is 1.45 bits per heavy atom. The van der Waals surface area contributed by atoms with E-state index in [1.165, 1.54) is 4.90 Å². The van der Waals surface area contributed by atoms with Crippen LogP contribution in [0.25, 0.3) is 0 Å². The fourth-order valence-corrected chi connectivity index (χ4v) is 2.39. The molecular weight excluding hydrogens is 284 g/mol. The number of benzene rings is 1. The van der Waals surface area contributed by atoms with E-state index < -0.39 is 17.6 Å². The van der Waals surface area contributed by atoms with Gasteiger partial charge in [0.25, 0.3) is 5.91 Å². The highest BCUT2D eigenvalue weighted by molar-refractivity contribution is 6.08. The minimum atomic E-state index is -1.07. The Morgan fingerprint density at radius 2 is 2.14 bits per heavy atom. The van der Waals surface area contributed by atoms with Crippen LogP contribution in [-0.4, -0.2) is 30.1 Å². The van der Waals surface area contributed by atoms with E-state index in [2.05, 4.69) is 0 Å². The number of nitrogens with zero attached hydrogens (tertiary/aromatic N) is 1. The first-order valence-electron chi connectivity index (χ1n) is 7.37. The number of para-hydroxylation sites is 1. The van der Waals surface area contributed by atoms with E-state index in [0.717, 1.165) is 6.42 Å². The number of carbonyl (C=O) groups is 2. The first kappa shape index (κ1) is 16.1. The summed E-state index contributed by atoms with van der Waals surface area (Å²) in [5, 5.41) is 0. The van der Waals surface area contributed by atoms with Crippen molar-refractivity contribution in [3.8, 4) is 5.75 Å². The first-order valence-corrected chi connectivity index (χ1v) is 7.37. The Bertz CT molecular complexity index is 598. The maximum Gasteiger partial charge on any atom is 0.328 e. The molecular formula is C16H22N2O4. The molecule has 1 aliphatic rings. The maximum absolute atomic E-state index is 12.7. The zero-order valence-electron chi connectivity index (χ0n) is 13.4. The number of rotatable bonds is 4. The molecule has 1 aliphatic heterocycles. The van der Waals surface area contributed by atoms with Gasteiger partial charge in [0.2, 0.25) is 0 Å². The van der Waals surface area contributed by atoms with Gasteiger partial charge < -0.3 is 15.2 Å². The van der Waals surface area contributed by atoms with Crippen LogP contribution >= 0.6 is 0 Å². The van der Waals surface area contributed by atoms with Crippen LogP contribution in [-0.2, 0) is 14.3 Å². The molecule has 1 unspecified atom stereocenters. The highest BCUT2D eigenvalue weighted by atomic mass is 16.5. The summed E-state index contributed by atoms with van der Waals surface area (Å²) in [6.45, 7) is 7.20. The van der Waals surface area contributed by atoms with Gasteiger partial charge >= 0.3 is 5.97 Å². The van der Waals surface area contributed by atoms with E-state index in [-0.39, 0.29) is 5.91 Å². The van der Waals surface area contributed by atoms with Crippen LogP contribution in [0.4, 0.5) is 11.4 Å². The van der Waals surface area contributed by atoms with Crippen LogP contribution in [0.1, 0.15) is 34.1 Å². The number of ether oxygens (including phenoxy) is 2. The lowest BCUT2D eigenvalue weighted by molar-refractivity contribution is -0.147. The summed E-state index contributed by atoms with van der Waals surface area (Å²) in [6, 6.07) is 4.38. The zero-order valence-corrected chi connectivity index (χ0v) is 13.4. The molecule has 0 fully saturated rings. The minimum Gasteiger partial charge on any atom is -0.476 e. The predicted octanol–water partition coefficient (Wildman–Crippen LogP) is 2.11.